The Labute approximate surface area is 143 Å². The molecule has 24 heavy (non-hydrogen) atoms. The first-order valence-electron chi connectivity index (χ1n) is 8.22. The van der Waals surface area contributed by atoms with Gasteiger partial charge in [0.2, 0.25) is 0 Å². The van der Waals surface area contributed by atoms with E-state index in [1.54, 1.807) is 6.07 Å². The molecule has 0 atom stereocenters. The van der Waals surface area contributed by atoms with Gasteiger partial charge in [-0.05, 0) is 36.9 Å². The van der Waals surface area contributed by atoms with Crippen LogP contribution in [0.4, 0.5) is 13.2 Å². The summed E-state index contributed by atoms with van der Waals surface area (Å²) in [6.45, 7) is 5.52. The van der Waals surface area contributed by atoms with Crippen molar-refractivity contribution in [2.24, 2.45) is 5.41 Å². The summed E-state index contributed by atoms with van der Waals surface area (Å²) in [7, 11) is 0. The molecule has 0 amide bonds. The fourth-order valence-electron chi connectivity index (χ4n) is 3.91. The second-order valence-electron chi connectivity index (χ2n) is 6.99. The van der Waals surface area contributed by atoms with Gasteiger partial charge in [0, 0.05) is 57.0 Å². The van der Waals surface area contributed by atoms with E-state index >= 15 is 0 Å². The van der Waals surface area contributed by atoms with E-state index in [-0.39, 0.29) is 10.3 Å². The highest BCUT2D eigenvalue weighted by Gasteiger charge is 2.53. The summed E-state index contributed by atoms with van der Waals surface area (Å²) >= 11 is 1.18. The molecule has 8 heteroatoms. The molecule has 0 bridgehead atoms. The fourth-order valence-corrected chi connectivity index (χ4v) is 5.26. The minimum atomic E-state index is -4.40. The summed E-state index contributed by atoms with van der Waals surface area (Å²) in [5.41, 5.74) is -0.500. The van der Waals surface area contributed by atoms with Crippen LogP contribution in [0.1, 0.15) is 18.5 Å². The topological polar surface area (TPSA) is 28.6 Å². The highest BCUT2D eigenvalue weighted by atomic mass is 32.2. The number of hydrogen-bond donors (Lipinski definition) is 0. The third kappa shape index (κ3) is 3.16. The SMILES string of the molecule is FC(F)(F)c1ncccc1SN1CC2(C1)CN(C1CCOCC1)C2. The van der Waals surface area contributed by atoms with Crippen molar-refractivity contribution in [2.75, 3.05) is 39.4 Å². The molecule has 0 unspecified atom stereocenters. The maximum absolute atomic E-state index is 13.0. The summed E-state index contributed by atoms with van der Waals surface area (Å²) in [5.74, 6) is 0. The van der Waals surface area contributed by atoms with E-state index in [2.05, 4.69) is 9.88 Å². The van der Waals surface area contributed by atoms with Crippen molar-refractivity contribution in [2.45, 2.75) is 30.0 Å². The molecule has 132 valence electrons. The normalized spacial score (nSPS) is 25.5. The van der Waals surface area contributed by atoms with E-state index in [4.69, 9.17) is 4.74 Å². The molecule has 0 N–H and O–H groups in total. The highest BCUT2D eigenvalue weighted by molar-refractivity contribution is 7.97. The zero-order valence-corrected chi connectivity index (χ0v) is 14.1. The third-order valence-electron chi connectivity index (χ3n) is 5.07. The molecule has 4 heterocycles. The molecule has 4 nitrogen and oxygen atoms in total. The second kappa shape index (κ2) is 6.16. The maximum Gasteiger partial charge on any atom is 0.434 e. The molecule has 3 aliphatic rings. The van der Waals surface area contributed by atoms with Crippen LogP contribution in [0.2, 0.25) is 0 Å². The van der Waals surface area contributed by atoms with Crippen molar-refractivity contribution < 1.29 is 17.9 Å². The number of alkyl halides is 3. The Kier molecular flexibility index (Phi) is 4.27. The van der Waals surface area contributed by atoms with Crippen molar-refractivity contribution in [3.8, 4) is 0 Å². The van der Waals surface area contributed by atoms with Gasteiger partial charge in [0.05, 0.1) is 4.90 Å². The minimum absolute atomic E-state index is 0.195. The van der Waals surface area contributed by atoms with Gasteiger partial charge in [0.1, 0.15) is 0 Å². The first-order chi connectivity index (χ1) is 11.5. The maximum atomic E-state index is 13.0. The Balaban J connectivity index is 1.30. The van der Waals surface area contributed by atoms with Crippen molar-refractivity contribution in [3.05, 3.63) is 24.0 Å². The van der Waals surface area contributed by atoms with E-state index < -0.39 is 11.9 Å². The molecule has 1 spiro atoms. The Morgan fingerprint density at radius 3 is 2.54 bits per heavy atom. The molecule has 3 aliphatic heterocycles. The lowest BCUT2D eigenvalue weighted by molar-refractivity contribution is -0.143. The first kappa shape index (κ1) is 16.6. The lowest BCUT2D eigenvalue weighted by Gasteiger charge is -2.62. The zero-order chi connectivity index (χ0) is 16.8. The third-order valence-corrected chi connectivity index (χ3v) is 6.12. The van der Waals surface area contributed by atoms with Gasteiger partial charge in [-0.15, -0.1) is 0 Å². The van der Waals surface area contributed by atoms with Crippen molar-refractivity contribution in [1.29, 1.82) is 0 Å². The quantitative estimate of drug-likeness (QED) is 0.774. The Morgan fingerprint density at radius 1 is 1.17 bits per heavy atom. The van der Waals surface area contributed by atoms with Gasteiger partial charge in [-0.1, -0.05) is 0 Å². The Bertz CT molecular complexity index is 592. The van der Waals surface area contributed by atoms with Gasteiger partial charge in [-0.3, -0.25) is 9.88 Å². The summed E-state index contributed by atoms with van der Waals surface area (Å²) in [6, 6.07) is 3.69. The molecule has 0 aliphatic carbocycles. The van der Waals surface area contributed by atoms with Crippen LogP contribution in [0, 0.1) is 5.41 Å². The standard InChI is InChI=1S/C16H20F3N3OS/c17-16(18,19)14-13(2-1-5-20-14)24-22-10-15(11-22)8-21(9-15)12-3-6-23-7-4-12/h1-2,5,12H,3-4,6-11H2. The minimum Gasteiger partial charge on any atom is -0.381 e. The largest absolute Gasteiger partial charge is 0.434 e. The average Bonchev–Trinajstić information content (AvgIpc) is 2.48. The average molecular weight is 359 g/mol. The van der Waals surface area contributed by atoms with Crippen LogP contribution in [-0.4, -0.2) is 59.6 Å². The van der Waals surface area contributed by atoms with E-state index in [1.807, 2.05) is 4.31 Å². The number of aromatic nitrogens is 1. The van der Waals surface area contributed by atoms with Gasteiger partial charge in [-0.2, -0.15) is 13.2 Å². The molecule has 4 rings (SSSR count). The lowest BCUT2D eigenvalue weighted by Crippen LogP contribution is -2.72. The van der Waals surface area contributed by atoms with Crippen molar-refractivity contribution >= 4 is 11.9 Å². The van der Waals surface area contributed by atoms with Gasteiger partial charge in [0.15, 0.2) is 5.69 Å². The van der Waals surface area contributed by atoms with Crippen LogP contribution in [0.25, 0.3) is 0 Å². The smallest absolute Gasteiger partial charge is 0.381 e. The van der Waals surface area contributed by atoms with E-state index in [1.165, 1.54) is 24.2 Å². The summed E-state index contributed by atoms with van der Waals surface area (Å²) in [4.78, 5) is 6.22. The van der Waals surface area contributed by atoms with Crippen LogP contribution in [0.3, 0.4) is 0 Å². The molecule has 3 saturated heterocycles. The van der Waals surface area contributed by atoms with Crippen LogP contribution in [0.5, 0.6) is 0 Å². The molecule has 1 aromatic heterocycles. The Morgan fingerprint density at radius 2 is 1.88 bits per heavy atom. The monoisotopic (exact) mass is 359 g/mol. The molecule has 0 aromatic carbocycles. The predicted octanol–water partition coefficient (Wildman–Crippen LogP) is 2.90. The second-order valence-corrected chi connectivity index (χ2v) is 8.12. The summed E-state index contributed by atoms with van der Waals surface area (Å²) < 4.78 is 46.4. The number of pyridine rings is 1. The fraction of sp³-hybridized carbons (Fsp3) is 0.688. The van der Waals surface area contributed by atoms with Gasteiger partial charge >= 0.3 is 6.18 Å². The highest BCUT2D eigenvalue weighted by Crippen LogP contribution is 2.47. The number of likely N-dealkylation sites (tertiary alicyclic amines) is 1. The Hall–Kier alpha value is -0.830. The molecular formula is C16H20F3N3OS. The molecule has 3 fully saturated rings. The van der Waals surface area contributed by atoms with Crippen LogP contribution in [-0.2, 0) is 10.9 Å². The van der Waals surface area contributed by atoms with Crippen molar-refractivity contribution in [1.82, 2.24) is 14.2 Å². The summed E-state index contributed by atoms with van der Waals surface area (Å²) in [5, 5.41) is 0. The zero-order valence-electron chi connectivity index (χ0n) is 13.3. The van der Waals surface area contributed by atoms with E-state index in [9.17, 15) is 13.2 Å². The lowest BCUT2D eigenvalue weighted by atomic mass is 9.73. The molecule has 0 saturated carbocycles. The van der Waals surface area contributed by atoms with Crippen LogP contribution in [0.15, 0.2) is 23.2 Å². The van der Waals surface area contributed by atoms with Gasteiger partial charge in [-0.25, -0.2) is 4.31 Å². The van der Waals surface area contributed by atoms with Crippen LogP contribution < -0.4 is 0 Å². The first-order valence-corrected chi connectivity index (χ1v) is 9.00. The number of halogens is 3. The van der Waals surface area contributed by atoms with E-state index in [0.29, 0.717) is 6.04 Å². The number of rotatable bonds is 3. The molecule has 0 radical (unpaired) electrons. The van der Waals surface area contributed by atoms with Crippen LogP contribution >= 0.6 is 11.9 Å². The van der Waals surface area contributed by atoms with Gasteiger partial charge < -0.3 is 4.74 Å². The van der Waals surface area contributed by atoms with Gasteiger partial charge in [0.25, 0.3) is 0 Å². The predicted molar refractivity (Wildman–Crippen MR) is 84.5 cm³/mol. The number of nitrogens with zero attached hydrogens (tertiary/aromatic N) is 3. The number of hydrogen-bond acceptors (Lipinski definition) is 5. The van der Waals surface area contributed by atoms with E-state index in [0.717, 1.165) is 52.2 Å². The molecular weight excluding hydrogens is 339 g/mol. The van der Waals surface area contributed by atoms with Crippen molar-refractivity contribution in [3.63, 3.8) is 0 Å². The number of ether oxygens (including phenoxy) is 1. The summed E-state index contributed by atoms with van der Waals surface area (Å²) in [6.07, 6.45) is -1.01. The molecule has 1 aromatic rings.